The van der Waals surface area contributed by atoms with Crippen LogP contribution in [0.2, 0.25) is 0 Å². The van der Waals surface area contributed by atoms with E-state index in [1.807, 2.05) is 24.3 Å². The Labute approximate surface area is 105 Å². The van der Waals surface area contributed by atoms with Crippen LogP contribution in [0.25, 0.3) is 0 Å². The Kier molecular flexibility index (Phi) is 3.14. The third kappa shape index (κ3) is 2.31. The van der Waals surface area contributed by atoms with Crippen molar-refractivity contribution in [1.82, 2.24) is 15.0 Å². The lowest BCUT2D eigenvalue weighted by atomic mass is 10.2. The van der Waals surface area contributed by atoms with E-state index < -0.39 is 0 Å². The Morgan fingerprint density at radius 2 is 1.89 bits per heavy atom. The number of pyridine rings is 1. The molecule has 0 spiro atoms. The molecular formula is C13H14N4O. The molecule has 1 aliphatic heterocycles. The molecule has 3 heterocycles. The number of morpholine rings is 1. The van der Waals surface area contributed by atoms with E-state index in [9.17, 15) is 0 Å². The summed E-state index contributed by atoms with van der Waals surface area (Å²) in [7, 11) is 0. The molecule has 0 saturated carbocycles. The molecule has 18 heavy (non-hydrogen) atoms. The van der Waals surface area contributed by atoms with Gasteiger partial charge in [0.1, 0.15) is 6.10 Å². The highest BCUT2D eigenvalue weighted by molar-refractivity contribution is 5.30. The number of aromatic nitrogens is 3. The van der Waals surface area contributed by atoms with Gasteiger partial charge in [0.25, 0.3) is 0 Å². The van der Waals surface area contributed by atoms with Crippen molar-refractivity contribution in [2.75, 3.05) is 24.6 Å². The van der Waals surface area contributed by atoms with Crippen molar-refractivity contribution < 1.29 is 4.74 Å². The van der Waals surface area contributed by atoms with E-state index in [1.165, 1.54) is 0 Å². The van der Waals surface area contributed by atoms with Crippen LogP contribution in [0.15, 0.2) is 42.9 Å². The van der Waals surface area contributed by atoms with Crippen LogP contribution >= 0.6 is 0 Å². The highest BCUT2D eigenvalue weighted by atomic mass is 16.5. The van der Waals surface area contributed by atoms with Gasteiger partial charge in [-0.25, -0.2) is 9.97 Å². The first-order chi connectivity index (χ1) is 8.93. The predicted octanol–water partition coefficient (Wildman–Crippen LogP) is 1.45. The minimum atomic E-state index is -0.0104. The first-order valence-electron chi connectivity index (χ1n) is 5.98. The Bertz CT molecular complexity index is 445. The average Bonchev–Trinajstić information content (AvgIpc) is 2.49. The van der Waals surface area contributed by atoms with Crippen molar-refractivity contribution in [1.29, 1.82) is 0 Å². The quantitative estimate of drug-likeness (QED) is 0.797. The highest BCUT2D eigenvalue weighted by Crippen LogP contribution is 2.22. The summed E-state index contributed by atoms with van der Waals surface area (Å²) in [4.78, 5) is 15.0. The van der Waals surface area contributed by atoms with E-state index >= 15 is 0 Å². The number of rotatable bonds is 2. The number of hydrogen-bond donors (Lipinski definition) is 0. The molecule has 1 aliphatic rings. The average molecular weight is 242 g/mol. The highest BCUT2D eigenvalue weighted by Gasteiger charge is 2.24. The standard InChI is InChI=1S/C13H14N4O/c1-2-5-14-11(4-1)12-10-17(8-9-18-12)13-15-6-3-7-16-13/h1-7,12H,8-10H2/t12-/m1/s1. The second-order valence-corrected chi connectivity index (χ2v) is 4.11. The number of ether oxygens (including phenoxy) is 1. The smallest absolute Gasteiger partial charge is 0.225 e. The molecule has 1 fully saturated rings. The lowest BCUT2D eigenvalue weighted by Crippen LogP contribution is -2.39. The summed E-state index contributed by atoms with van der Waals surface area (Å²) in [6.45, 7) is 2.22. The van der Waals surface area contributed by atoms with E-state index in [0.717, 1.165) is 24.7 Å². The molecule has 2 aromatic heterocycles. The number of anilines is 1. The Morgan fingerprint density at radius 3 is 2.67 bits per heavy atom. The molecular weight excluding hydrogens is 228 g/mol. The van der Waals surface area contributed by atoms with E-state index in [4.69, 9.17) is 4.74 Å². The second kappa shape index (κ2) is 5.10. The van der Waals surface area contributed by atoms with Gasteiger partial charge in [-0.2, -0.15) is 0 Å². The molecule has 2 aromatic rings. The summed E-state index contributed by atoms with van der Waals surface area (Å²) in [5.41, 5.74) is 0.957. The van der Waals surface area contributed by atoms with E-state index in [0.29, 0.717) is 6.61 Å². The van der Waals surface area contributed by atoms with Gasteiger partial charge >= 0.3 is 0 Å². The molecule has 0 aromatic carbocycles. The van der Waals surface area contributed by atoms with Crippen molar-refractivity contribution in [2.24, 2.45) is 0 Å². The van der Waals surface area contributed by atoms with Crippen LogP contribution in [-0.2, 0) is 4.74 Å². The molecule has 0 bridgehead atoms. The van der Waals surface area contributed by atoms with Crippen LogP contribution in [0.3, 0.4) is 0 Å². The summed E-state index contributed by atoms with van der Waals surface area (Å²) in [5.74, 6) is 0.752. The third-order valence-electron chi connectivity index (χ3n) is 2.92. The van der Waals surface area contributed by atoms with Crippen molar-refractivity contribution in [3.63, 3.8) is 0 Å². The molecule has 1 atom stereocenters. The lowest BCUT2D eigenvalue weighted by molar-refractivity contribution is 0.0365. The summed E-state index contributed by atoms with van der Waals surface area (Å²) >= 11 is 0. The van der Waals surface area contributed by atoms with Gasteiger partial charge < -0.3 is 9.64 Å². The van der Waals surface area contributed by atoms with Crippen molar-refractivity contribution in [3.8, 4) is 0 Å². The maximum atomic E-state index is 5.76. The third-order valence-corrected chi connectivity index (χ3v) is 2.92. The van der Waals surface area contributed by atoms with E-state index in [2.05, 4.69) is 19.9 Å². The van der Waals surface area contributed by atoms with Gasteiger partial charge in [-0.3, -0.25) is 4.98 Å². The first kappa shape index (κ1) is 11.1. The van der Waals surface area contributed by atoms with Gasteiger partial charge in [0.2, 0.25) is 5.95 Å². The first-order valence-corrected chi connectivity index (χ1v) is 5.98. The Hall–Kier alpha value is -2.01. The van der Waals surface area contributed by atoms with Crippen molar-refractivity contribution in [3.05, 3.63) is 48.5 Å². The normalized spacial score (nSPS) is 19.8. The molecule has 1 saturated heterocycles. The van der Waals surface area contributed by atoms with Crippen LogP contribution in [0.1, 0.15) is 11.8 Å². The maximum Gasteiger partial charge on any atom is 0.225 e. The lowest BCUT2D eigenvalue weighted by Gasteiger charge is -2.32. The van der Waals surface area contributed by atoms with Crippen LogP contribution in [0.4, 0.5) is 5.95 Å². The van der Waals surface area contributed by atoms with Gasteiger partial charge in [0.15, 0.2) is 0 Å². The van der Waals surface area contributed by atoms with Gasteiger partial charge in [-0.1, -0.05) is 6.07 Å². The van der Waals surface area contributed by atoms with E-state index in [1.54, 1.807) is 18.6 Å². The summed E-state index contributed by atoms with van der Waals surface area (Å²) < 4.78 is 5.76. The van der Waals surface area contributed by atoms with Crippen molar-refractivity contribution in [2.45, 2.75) is 6.10 Å². The monoisotopic (exact) mass is 242 g/mol. The predicted molar refractivity (Wildman–Crippen MR) is 67.2 cm³/mol. The van der Waals surface area contributed by atoms with Gasteiger partial charge in [-0.05, 0) is 18.2 Å². The van der Waals surface area contributed by atoms with Gasteiger partial charge in [-0.15, -0.1) is 0 Å². The molecule has 92 valence electrons. The Morgan fingerprint density at radius 1 is 1.06 bits per heavy atom. The molecule has 0 amide bonds. The molecule has 0 unspecified atom stereocenters. The molecule has 3 rings (SSSR count). The van der Waals surface area contributed by atoms with Crippen LogP contribution in [-0.4, -0.2) is 34.6 Å². The summed E-state index contributed by atoms with van der Waals surface area (Å²) in [6, 6.07) is 7.69. The van der Waals surface area contributed by atoms with Crippen molar-refractivity contribution >= 4 is 5.95 Å². The molecule has 0 aliphatic carbocycles. The molecule has 0 radical (unpaired) electrons. The molecule has 0 N–H and O–H groups in total. The topological polar surface area (TPSA) is 51.1 Å². The Balaban J connectivity index is 1.77. The molecule has 5 nitrogen and oxygen atoms in total. The van der Waals surface area contributed by atoms with Crippen LogP contribution in [0, 0.1) is 0 Å². The number of nitrogens with zero attached hydrogens (tertiary/aromatic N) is 4. The fourth-order valence-corrected chi connectivity index (χ4v) is 2.03. The fourth-order valence-electron chi connectivity index (χ4n) is 2.03. The van der Waals surface area contributed by atoms with Gasteiger partial charge in [0, 0.05) is 25.1 Å². The summed E-state index contributed by atoms with van der Waals surface area (Å²) in [5, 5.41) is 0. The fraction of sp³-hybridized carbons (Fsp3) is 0.308. The van der Waals surface area contributed by atoms with Crippen LogP contribution < -0.4 is 4.90 Å². The zero-order chi connectivity index (χ0) is 12.2. The van der Waals surface area contributed by atoms with Gasteiger partial charge in [0.05, 0.1) is 18.8 Å². The number of hydrogen-bond acceptors (Lipinski definition) is 5. The zero-order valence-electron chi connectivity index (χ0n) is 9.94. The zero-order valence-corrected chi connectivity index (χ0v) is 9.94. The van der Waals surface area contributed by atoms with E-state index in [-0.39, 0.29) is 6.10 Å². The molecule has 5 heteroatoms. The minimum Gasteiger partial charge on any atom is -0.368 e. The minimum absolute atomic E-state index is 0.0104. The maximum absolute atomic E-state index is 5.76. The SMILES string of the molecule is c1ccc([C@H]2CN(c3ncccn3)CCO2)nc1. The summed E-state index contributed by atoms with van der Waals surface area (Å²) in [6.07, 6.45) is 5.29. The largest absolute Gasteiger partial charge is 0.368 e. The second-order valence-electron chi connectivity index (χ2n) is 4.11. The van der Waals surface area contributed by atoms with Crippen LogP contribution in [0.5, 0.6) is 0 Å².